The third-order valence-electron chi connectivity index (χ3n) is 4.71. The van der Waals surface area contributed by atoms with Gasteiger partial charge in [-0.15, -0.1) is 0 Å². The van der Waals surface area contributed by atoms with E-state index in [4.69, 9.17) is 5.73 Å². The zero-order valence-electron chi connectivity index (χ0n) is 16.6. The summed E-state index contributed by atoms with van der Waals surface area (Å²) in [6.07, 6.45) is -1.06. The van der Waals surface area contributed by atoms with Crippen molar-refractivity contribution in [1.82, 2.24) is 15.1 Å². The van der Waals surface area contributed by atoms with Crippen molar-refractivity contribution in [3.8, 4) is 0 Å². The molecule has 1 unspecified atom stereocenters. The summed E-state index contributed by atoms with van der Waals surface area (Å²) in [6.45, 7) is 2.89. The van der Waals surface area contributed by atoms with Crippen LogP contribution in [0.3, 0.4) is 0 Å². The summed E-state index contributed by atoms with van der Waals surface area (Å²) in [5.74, 6) is -0.743. The molecule has 2 aromatic carbocycles. The number of amides is 4. The molecule has 0 spiro atoms. The lowest BCUT2D eigenvalue weighted by molar-refractivity contribution is -0.127. The molecule has 1 atom stereocenters. The standard InChI is InChI=1S/C21H24BrN5O3/c1-14-4-2-5-15(12-14)20(29)26-10-11-27(19(26)18(28)24-9-8-23)21(30)25-17-7-3-6-16(22)13-17/h2-7,12-13,19H,8-11,23H2,1H3,(H,24,28)(H,25,30). The van der Waals surface area contributed by atoms with E-state index in [-0.39, 0.29) is 32.1 Å². The van der Waals surface area contributed by atoms with E-state index in [0.717, 1.165) is 10.0 Å². The number of carbonyl (C=O) groups excluding carboxylic acids is 3. The molecular weight excluding hydrogens is 450 g/mol. The van der Waals surface area contributed by atoms with E-state index in [1.807, 2.05) is 19.1 Å². The lowest BCUT2D eigenvalue weighted by atomic mass is 10.1. The van der Waals surface area contributed by atoms with E-state index in [0.29, 0.717) is 11.3 Å². The number of nitrogens with zero attached hydrogens (tertiary/aromatic N) is 2. The van der Waals surface area contributed by atoms with Gasteiger partial charge in [-0.1, -0.05) is 39.7 Å². The highest BCUT2D eigenvalue weighted by molar-refractivity contribution is 9.10. The molecule has 1 aliphatic rings. The minimum atomic E-state index is -1.06. The molecule has 3 rings (SSSR count). The van der Waals surface area contributed by atoms with Crippen LogP contribution in [0.4, 0.5) is 10.5 Å². The first-order valence-electron chi connectivity index (χ1n) is 9.59. The summed E-state index contributed by atoms with van der Waals surface area (Å²) >= 11 is 3.37. The summed E-state index contributed by atoms with van der Waals surface area (Å²) in [5, 5.41) is 5.48. The number of aryl methyl sites for hydroxylation is 1. The normalized spacial score (nSPS) is 15.8. The molecule has 9 heteroatoms. The number of rotatable bonds is 5. The Morgan fingerprint density at radius 1 is 1.10 bits per heavy atom. The Balaban J connectivity index is 1.84. The molecule has 30 heavy (non-hydrogen) atoms. The number of nitrogens with one attached hydrogen (secondary N) is 2. The van der Waals surface area contributed by atoms with Gasteiger partial charge in [0.25, 0.3) is 11.8 Å². The third-order valence-corrected chi connectivity index (χ3v) is 5.21. The van der Waals surface area contributed by atoms with Crippen molar-refractivity contribution < 1.29 is 14.4 Å². The molecule has 0 radical (unpaired) electrons. The Bertz CT molecular complexity index is 952. The Hall–Kier alpha value is -2.91. The van der Waals surface area contributed by atoms with Crippen LogP contribution in [0.25, 0.3) is 0 Å². The number of anilines is 1. The molecule has 2 aromatic rings. The average molecular weight is 474 g/mol. The Kier molecular flexibility index (Phi) is 7.07. The molecule has 4 amide bonds. The lowest BCUT2D eigenvalue weighted by Crippen LogP contribution is -2.55. The van der Waals surface area contributed by atoms with Crippen LogP contribution in [0, 0.1) is 6.92 Å². The molecule has 1 fully saturated rings. The molecule has 1 saturated heterocycles. The Labute approximate surface area is 183 Å². The zero-order valence-corrected chi connectivity index (χ0v) is 18.2. The highest BCUT2D eigenvalue weighted by atomic mass is 79.9. The van der Waals surface area contributed by atoms with Gasteiger partial charge in [0.15, 0.2) is 6.17 Å². The minimum absolute atomic E-state index is 0.234. The van der Waals surface area contributed by atoms with Crippen molar-refractivity contribution >= 4 is 39.5 Å². The zero-order chi connectivity index (χ0) is 21.7. The van der Waals surface area contributed by atoms with Crippen LogP contribution in [0.2, 0.25) is 0 Å². The second-order valence-corrected chi connectivity index (χ2v) is 7.87. The predicted molar refractivity (Wildman–Crippen MR) is 118 cm³/mol. The van der Waals surface area contributed by atoms with Crippen LogP contribution in [0.15, 0.2) is 53.0 Å². The van der Waals surface area contributed by atoms with Gasteiger partial charge < -0.3 is 21.3 Å². The monoisotopic (exact) mass is 473 g/mol. The first-order chi connectivity index (χ1) is 14.4. The van der Waals surface area contributed by atoms with E-state index in [9.17, 15) is 14.4 Å². The number of halogens is 1. The quantitative estimate of drug-likeness (QED) is 0.617. The SMILES string of the molecule is Cc1cccc(C(=O)N2CCN(C(=O)Nc3cccc(Br)c3)C2C(=O)NCCN)c1. The van der Waals surface area contributed by atoms with Crippen molar-refractivity contribution in [2.45, 2.75) is 13.1 Å². The summed E-state index contributed by atoms with van der Waals surface area (Å²) in [7, 11) is 0. The maximum absolute atomic E-state index is 13.1. The van der Waals surface area contributed by atoms with Gasteiger partial charge in [0.2, 0.25) is 0 Å². The van der Waals surface area contributed by atoms with Crippen LogP contribution < -0.4 is 16.4 Å². The maximum Gasteiger partial charge on any atom is 0.323 e. The van der Waals surface area contributed by atoms with Crippen LogP contribution >= 0.6 is 15.9 Å². The van der Waals surface area contributed by atoms with E-state index in [2.05, 4.69) is 26.6 Å². The third kappa shape index (κ3) is 4.98. The van der Waals surface area contributed by atoms with Crippen LogP contribution in [-0.2, 0) is 4.79 Å². The number of hydrogen-bond donors (Lipinski definition) is 3. The van der Waals surface area contributed by atoms with Gasteiger partial charge in [-0.25, -0.2) is 4.79 Å². The van der Waals surface area contributed by atoms with Gasteiger partial charge in [0.05, 0.1) is 0 Å². The highest BCUT2D eigenvalue weighted by Crippen LogP contribution is 2.22. The van der Waals surface area contributed by atoms with Crippen molar-refractivity contribution in [2.24, 2.45) is 5.73 Å². The van der Waals surface area contributed by atoms with Crippen LogP contribution in [0.5, 0.6) is 0 Å². The van der Waals surface area contributed by atoms with Gasteiger partial charge in [-0.2, -0.15) is 0 Å². The molecule has 158 valence electrons. The number of hydrogen-bond acceptors (Lipinski definition) is 4. The van der Waals surface area contributed by atoms with E-state index in [1.54, 1.807) is 36.4 Å². The molecule has 1 heterocycles. The van der Waals surface area contributed by atoms with Gasteiger partial charge in [0.1, 0.15) is 0 Å². The van der Waals surface area contributed by atoms with Crippen LogP contribution in [0.1, 0.15) is 15.9 Å². The van der Waals surface area contributed by atoms with Crippen molar-refractivity contribution in [1.29, 1.82) is 0 Å². The molecular formula is C21H24BrN5O3. The number of carbonyl (C=O) groups is 3. The van der Waals surface area contributed by atoms with Gasteiger partial charge in [-0.3, -0.25) is 14.5 Å². The summed E-state index contributed by atoms with van der Waals surface area (Å²) < 4.78 is 0.815. The molecule has 0 aromatic heterocycles. The predicted octanol–water partition coefficient (Wildman–Crippen LogP) is 2.15. The molecule has 0 saturated carbocycles. The number of nitrogens with two attached hydrogens (primary N) is 1. The maximum atomic E-state index is 13.1. The summed E-state index contributed by atoms with van der Waals surface area (Å²) in [6, 6.07) is 13.8. The molecule has 1 aliphatic heterocycles. The van der Waals surface area contributed by atoms with Crippen molar-refractivity contribution in [3.63, 3.8) is 0 Å². The van der Waals surface area contributed by atoms with Crippen molar-refractivity contribution in [2.75, 3.05) is 31.5 Å². The van der Waals surface area contributed by atoms with Gasteiger partial charge in [-0.05, 0) is 37.3 Å². The van der Waals surface area contributed by atoms with Crippen molar-refractivity contribution in [3.05, 3.63) is 64.1 Å². The second kappa shape index (κ2) is 9.73. The topological polar surface area (TPSA) is 108 Å². The largest absolute Gasteiger partial charge is 0.351 e. The van der Waals surface area contributed by atoms with Gasteiger partial charge >= 0.3 is 6.03 Å². The van der Waals surface area contributed by atoms with E-state index < -0.39 is 18.1 Å². The molecule has 0 bridgehead atoms. The minimum Gasteiger partial charge on any atom is -0.351 e. The highest BCUT2D eigenvalue weighted by Gasteiger charge is 2.42. The van der Waals surface area contributed by atoms with Gasteiger partial charge in [0, 0.05) is 41.9 Å². The second-order valence-electron chi connectivity index (χ2n) is 6.96. The van der Waals surface area contributed by atoms with Crippen LogP contribution in [-0.4, -0.2) is 60.0 Å². The number of benzene rings is 2. The average Bonchev–Trinajstić information content (AvgIpc) is 3.17. The molecule has 4 N–H and O–H groups in total. The number of urea groups is 1. The first kappa shape index (κ1) is 21.8. The fourth-order valence-electron chi connectivity index (χ4n) is 3.33. The Morgan fingerprint density at radius 3 is 2.53 bits per heavy atom. The molecule has 8 nitrogen and oxygen atoms in total. The smallest absolute Gasteiger partial charge is 0.323 e. The summed E-state index contributed by atoms with van der Waals surface area (Å²) in [5.41, 5.74) is 7.49. The fraction of sp³-hybridized carbons (Fsp3) is 0.286. The van der Waals surface area contributed by atoms with E-state index >= 15 is 0 Å². The fourth-order valence-corrected chi connectivity index (χ4v) is 3.73. The summed E-state index contributed by atoms with van der Waals surface area (Å²) in [4.78, 5) is 41.7. The Morgan fingerprint density at radius 2 is 1.83 bits per heavy atom. The first-order valence-corrected chi connectivity index (χ1v) is 10.4. The van der Waals surface area contributed by atoms with E-state index in [1.165, 1.54) is 9.80 Å². The molecule has 0 aliphatic carbocycles. The lowest BCUT2D eigenvalue weighted by Gasteiger charge is -2.29.